The molecule has 0 bridgehead atoms. The summed E-state index contributed by atoms with van der Waals surface area (Å²) in [6.07, 6.45) is 5.41. The van der Waals surface area contributed by atoms with Crippen LogP contribution in [0, 0.1) is 5.92 Å². The molecule has 0 unspecified atom stereocenters. The Hall–Kier alpha value is -0.840. The fourth-order valence-electron chi connectivity index (χ4n) is 2.44. The van der Waals surface area contributed by atoms with Crippen molar-refractivity contribution < 1.29 is 9.15 Å². The standard InChI is InChI=1S/C15H26N2O2/c1-17-8-5-14(6-9-17)12-16-7-3-10-18-13-15-4-2-11-19-15/h2,4,11,14,16H,3,5-10,12-13H2,1H3. The fraction of sp³-hybridized carbons (Fsp3) is 0.733. The maximum atomic E-state index is 5.54. The van der Waals surface area contributed by atoms with Gasteiger partial charge in [0, 0.05) is 6.61 Å². The Morgan fingerprint density at radius 1 is 1.42 bits per heavy atom. The molecule has 2 heterocycles. The number of furan rings is 1. The van der Waals surface area contributed by atoms with Crippen LogP contribution in [0.2, 0.25) is 0 Å². The second-order valence-electron chi connectivity index (χ2n) is 5.44. The van der Waals surface area contributed by atoms with Crippen LogP contribution in [0.5, 0.6) is 0 Å². The van der Waals surface area contributed by atoms with Gasteiger partial charge in [0.2, 0.25) is 0 Å². The van der Waals surface area contributed by atoms with Crippen molar-refractivity contribution in [2.45, 2.75) is 25.9 Å². The fourth-order valence-corrected chi connectivity index (χ4v) is 2.44. The predicted octanol–water partition coefficient (Wildman–Crippen LogP) is 2.12. The van der Waals surface area contributed by atoms with Gasteiger partial charge in [-0.05, 0) is 70.5 Å². The molecule has 1 aliphatic rings. The van der Waals surface area contributed by atoms with E-state index in [0.717, 1.165) is 37.8 Å². The molecule has 1 fully saturated rings. The minimum Gasteiger partial charge on any atom is -0.467 e. The molecule has 0 spiro atoms. The highest BCUT2D eigenvalue weighted by Gasteiger charge is 2.15. The molecule has 4 nitrogen and oxygen atoms in total. The Morgan fingerprint density at radius 2 is 2.26 bits per heavy atom. The lowest BCUT2D eigenvalue weighted by molar-refractivity contribution is 0.103. The normalized spacial score (nSPS) is 17.9. The first-order chi connectivity index (χ1) is 9.34. The molecule has 108 valence electrons. The zero-order chi connectivity index (χ0) is 13.3. The Kier molecular flexibility index (Phi) is 6.41. The third-order valence-electron chi connectivity index (χ3n) is 3.74. The molecule has 19 heavy (non-hydrogen) atoms. The van der Waals surface area contributed by atoms with E-state index < -0.39 is 0 Å². The van der Waals surface area contributed by atoms with Crippen molar-refractivity contribution in [1.29, 1.82) is 0 Å². The largest absolute Gasteiger partial charge is 0.467 e. The molecule has 0 saturated carbocycles. The van der Waals surface area contributed by atoms with Crippen molar-refractivity contribution in [2.75, 3.05) is 39.8 Å². The maximum Gasteiger partial charge on any atom is 0.129 e. The monoisotopic (exact) mass is 266 g/mol. The van der Waals surface area contributed by atoms with Crippen molar-refractivity contribution >= 4 is 0 Å². The van der Waals surface area contributed by atoms with Crippen LogP contribution < -0.4 is 5.32 Å². The molecule has 0 atom stereocenters. The highest BCUT2D eigenvalue weighted by atomic mass is 16.5. The average Bonchev–Trinajstić information content (AvgIpc) is 2.93. The van der Waals surface area contributed by atoms with E-state index in [-0.39, 0.29) is 0 Å². The van der Waals surface area contributed by atoms with Crippen molar-refractivity contribution in [3.63, 3.8) is 0 Å². The minimum atomic E-state index is 0.585. The van der Waals surface area contributed by atoms with Crippen LogP contribution in [0.25, 0.3) is 0 Å². The molecule has 2 rings (SSSR count). The van der Waals surface area contributed by atoms with Gasteiger partial charge in [0.1, 0.15) is 12.4 Å². The summed E-state index contributed by atoms with van der Waals surface area (Å²) in [6.45, 7) is 6.08. The molecule has 4 heteroatoms. The third kappa shape index (κ3) is 5.76. The summed E-state index contributed by atoms with van der Waals surface area (Å²) in [5.74, 6) is 1.76. The number of hydrogen-bond donors (Lipinski definition) is 1. The van der Waals surface area contributed by atoms with Crippen LogP contribution in [0.1, 0.15) is 25.0 Å². The number of likely N-dealkylation sites (tertiary alicyclic amines) is 1. The zero-order valence-electron chi connectivity index (χ0n) is 11.9. The van der Waals surface area contributed by atoms with E-state index in [0.29, 0.717) is 6.61 Å². The van der Waals surface area contributed by atoms with Gasteiger partial charge in [0.05, 0.1) is 6.26 Å². The summed E-state index contributed by atoms with van der Waals surface area (Å²) in [6, 6.07) is 3.83. The Balaban J connectivity index is 1.40. The second-order valence-corrected chi connectivity index (χ2v) is 5.44. The summed E-state index contributed by atoms with van der Waals surface area (Å²) in [7, 11) is 2.21. The molecule has 1 aliphatic heterocycles. The van der Waals surface area contributed by atoms with Crippen LogP contribution in [-0.2, 0) is 11.3 Å². The number of ether oxygens (including phenoxy) is 1. The van der Waals surface area contributed by atoms with Gasteiger partial charge in [-0.25, -0.2) is 0 Å². The summed E-state index contributed by atoms with van der Waals surface area (Å²) >= 11 is 0. The van der Waals surface area contributed by atoms with Crippen LogP contribution in [0.3, 0.4) is 0 Å². The number of nitrogens with zero attached hydrogens (tertiary/aromatic N) is 1. The van der Waals surface area contributed by atoms with Gasteiger partial charge in [-0.15, -0.1) is 0 Å². The van der Waals surface area contributed by atoms with Gasteiger partial charge < -0.3 is 19.4 Å². The summed E-state index contributed by atoms with van der Waals surface area (Å²) < 4.78 is 10.7. The van der Waals surface area contributed by atoms with E-state index in [1.807, 2.05) is 12.1 Å². The van der Waals surface area contributed by atoms with Crippen LogP contribution >= 0.6 is 0 Å². The van der Waals surface area contributed by atoms with Crippen molar-refractivity contribution in [3.05, 3.63) is 24.2 Å². The quantitative estimate of drug-likeness (QED) is 0.731. The summed E-state index contributed by atoms with van der Waals surface area (Å²) in [5.41, 5.74) is 0. The van der Waals surface area contributed by atoms with Gasteiger partial charge in [-0.2, -0.15) is 0 Å². The van der Waals surface area contributed by atoms with Crippen molar-refractivity contribution in [2.24, 2.45) is 5.92 Å². The Morgan fingerprint density at radius 3 is 3.00 bits per heavy atom. The average molecular weight is 266 g/mol. The molecule has 0 radical (unpaired) electrons. The highest BCUT2D eigenvalue weighted by Crippen LogP contribution is 2.14. The van der Waals surface area contributed by atoms with E-state index in [9.17, 15) is 0 Å². The zero-order valence-corrected chi connectivity index (χ0v) is 11.9. The molecule has 0 amide bonds. The molecule has 0 aliphatic carbocycles. The first kappa shape index (κ1) is 14.6. The third-order valence-corrected chi connectivity index (χ3v) is 3.74. The number of piperidine rings is 1. The summed E-state index contributed by atoms with van der Waals surface area (Å²) in [5, 5.41) is 3.54. The topological polar surface area (TPSA) is 37.6 Å². The van der Waals surface area contributed by atoms with Gasteiger partial charge in [0.15, 0.2) is 0 Å². The Bertz CT molecular complexity index is 319. The maximum absolute atomic E-state index is 5.54. The lowest BCUT2D eigenvalue weighted by Crippen LogP contribution is -2.35. The lowest BCUT2D eigenvalue weighted by atomic mass is 9.97. The van der Waals surface area contributed by atoms with Crippen molar-refractivity contribution in [3.8, 4) is 0 Å². The molecule has 0 aromatic carbocycles. The molecular weight excluding hydrogens is 240 g/mol. The highest BCUT2D eigenvalue weighted by molar-refractivity contribution is 4.95. The molecule has 1 saturated heterocycles. The van der Waals surface area contributed by atoms with E-state index in [1.54, 1.807) is 6.26 Å². The van der Waals surface area contributed by atoms with Gasteiger partial charge >= 0.3 is 0 Å². The molecular formula is C15H26N2O2. The lowest BCUT2D eigenvalue weighted by Gasteiger charge is -2.29. The van der Waals surface area contributed by atoms with Gasteiger partial charge in [-0.1, -0.05) is 0 Å². The smallest absolute Gasteiger partial charge is 0.129 e. The predicted molar refractivity (Wildman–Crippen MR) is 76.1 cm³/mol. The molecule has 1 N–H and O–H groups in total. The van der Waals surface area contributed by atoms with E-state index in [2.05, 4.69) is 17.3 Å². The molecule has 1 aromatic rings. The van der Waals surface area contributed by atoms with E-state index in [1.165, 1.54) is 25.9 Å². The number of nitrogens with one attached hydrogen (secondary N) is 1. The number of rotatable bonds is 8. The summed E-state index contributed by atoms with van der Waals surface area (Å²) in [4.78, 5) is 2.42. The SMILES string of the molecule is CN1CCC(CNCCCOCc2ccco2)CC1. The van der Waals surface area contributed by atoms with E-state index in [4.69, 9.17) is 9.15 Å². The Labute approximate surface area is 116 Å². The van der Waals surface area contributed by atoms with E-state index >= 15 is 0 Å². The number of hydrogen-bond acceptors (Lipinski definition) is 4. The minimum absolute atomic E-state index is 0.585. The first-order valence-corrected chi connectivity index (χ1v) is 7.34. The second kappa shape index (κ2) is 8.35. The molecule has 1 aromatic heterocycles. The van der Waals surface area contributed by atoms with Crippen molar-refractivity contribution in [1.82, 2.24) is 10.2 Å². The van der Waals surface area contributed by atoms with Crippen LogP contribution in [0.15, 0.2) is 22.8 Å². The first-order valence-electron chi connectivity index (χ1n) is 7.34. The van der Waals surface area contributed by atoms with Gasteiger partial charge in [-0.3, -0.25) is 0 Å². The van der Waals surface area contributed by atoms with Crippen LogP contribution in [-0.4, -0.2) is 44.7 Å². The van der Waals surface area contributed by atoms with Crippen LogP contribution in [0.4, 0.5) is 0 Å². The van der Waals surface area contributed by atoms with Gasteiger partial charge in [0.25, 0.3) is 0 Å².